The fourth-order valence-corrected chi connectivity index (χ4v) is 2.94. The van der Waals surface area contributed by atoms with Crippen molar-refractivity contribution in [3.05, 3.63) is 67.0 Å². The summed E-state index contributed by atoms with van der Waals surface area (Å²) in [5.74, 6) is -0.0579. The molecule has 3 aromatic rings. The number of aromatic nitrogens is 3. The lowest BCUT2D eigenvalue weighted by Crippen LogP contribution is -2.19. The quantitative estimate of drug-likeness (QED) is 0.338. The van der Waals surface area contributed by atoms with Gasteiger partial charge in [-0.2, -0.15) is 4.98 Å². The second-order valence-electron chi connectivity index (χ2n) is 6.90. The van der Waals surface area contributed by atoms with E-state index in [4.69, 9.17) is 9.47 Å². The fraction of sp³-hybridized carbons (Fsp3) is 0.304. The topological polar surface area (TPSA) is 81.4 Å². The first-order valence-corrected chi connectivity index (χ1v) is 10.1. The monoisotopic (exact) mass is 426 g/mol. The molecule has 0 aliphatic rings. The maximum Gasteiger partial charge on any atom is 0.336 e. The Hall–Kier alpha value is -3.23. The van der Waals surface area contributed by atoms with Crippen molar-refractivity contribution in [1.82, 2.24) is 14.8 Å². The van der Waals surface area contributed by atoms with Crippen molar-refractivity contribution >= 4 is 5.69 Å². The van der Waals surface area contributed by atoms with E-state index in [0.717, 1.165) is 12.1 Å². The van der Waals surface area contributed by atoms with Crippen LogP contribution in [-0.4, -0.2) is 52.8 Å². The number of hydrogen-bond donors (Lipinski definition) is 2. The molecule has 7 nitrogen and oxygen atoms in total. The average molecular weight is 426 g/mol. The first kappa shape index (κ1) is 22.5. The van der Waals surface area contributed by atoms with Gasteiger partial charge in [0.25, 0.3) is 0 Å². The van der Waals surface area contributed by atoms with Crippen LogP contribution in [0.1, 0.15) is 12.8 Å². The maximum absolute atomic E-state index is 14.4. The van der Waals surface area contributed by atoms with Crippen LogP contribution in [0.5, 0.6) is 6.01 Å². The molecule has 8 heteroatoms. The molecule has 0 spiro atoms. The number of nitrogens with one attached hydrogen (secondary N) is 1. The number of hydrogen-bond acceptors (Lipinski definition) is 6. The first-order chi connectivity index (χ1) is 15.1. The molecular weight excluding hydrogens is 399 g/mol. The van der Waals surface area contributed by atoms with Crippen LogP contribution in [0.2, 0.25) is 0 Å². The third kappa shape index (κ3) is 6.13. The molecule has 2 aromatic carbocycles. The third-order valence-corrected chi connectivity index (χ3v) is 4.58. The van der Waals surface area contributed by atoms with E-state index in [0.29, 0.717) is 36.6 Å². The highest BCUT2D eigenvalue weighted by molar-refractivity contribution is 5.60. The molecule has 0 radical (unpaired) electrons. The number of ether oxygens (including phenoxy) is 2. The molecule has 0 saturated heterocycles. The summed E-state index contributed by atoms with van der Waals surface area (Å²) in [4.78, 5) is 4.38. The van der Waals surface area contributed by atoms with Crippen LogP contribution in [0.15, 0.2) is 61.2 Å². The Balaban J connectivity index is 1.81. The summed E-state index contributed by atoms with van der Waals surface area (Å²) in [6, 6.07) is 14.0. The Morgan fingerprint density at radius 1 is 1.19 bits per heavy atom. The Bertz CT molecular complexity index is 975. The standard InChI is InChI=1S/C23H27FN4O3/c1-3-4-7-19(29)16-25-17-10-12-18(13-11-17)28-22(20-8-5-6-9-21(20)24)26-23(27-28)31-15-14-30-2/h3,5-6,8-13,19,25,29H,1,4,7,14-16H2,2H3. The molecule has 1 aromatic heterocycles. The van der Waals surface area contributed by atoms with Crippen LogP contribution in [0.4, 0.5) is 10.1 Å². The summed E-state index contributed by atoms with van der Waals surface area (Å²) < 4.78 is 26.5. The summed E-state index contributed by atoms with van der Waals surface area (Å²) in [5, 5.41) is 17.6. The van der Waals surface area contributed by atoms with Crippen LogP contribution < -0.4 is 10.1 Å². The van der Waals surface area contributed by atoms with Gasteiger partial charge >= 0.3 is 6.01 Å². The van der Waals surface area contributed by atoms with Crippen LogP contribution in [0.25, 0.3) is 17.1 Å². The lowest BCUT2D eigenvalue weighted by atomic mass is 10.2. The van der Waals surface area contributed by atoms with Crippen molar-refractivity contribution in [3.8, 4) is 23.1 Å². The summed E-state index contributed by atoms with van der Waals surface area (Å²) in [6.45, 7) is 4.78. The van der Waals surface area contributed by atoms with Crippen molar-refractivity contribution in [3.63, 3.8) is 0 Å². The predicted molar refractivity (Wildman–Crippen MR) is 118 cm³/mol. The maximum atomic E-state index is 14.4. The first-order valence-electron chi connectivity index (χ1n) is 10.1. The van der Waals surface area contributed by atoms with E-state index in [1.54, 1.807) is 36.1 Å². The highest BCUT2D eigenvalue weighted by atomic mass is 19.1. The van der Waals surface area contributed by atoms with Crippen molar-refractivity contribution in [1.29, 1.82) is 0 Å². The average Bonchev–Trinajstić information content (AvgIpc) is 3.21. The number of rotatable bonds is 12. The van der Waals surface area contributed by atoms with Crippen molar-refractivity contribution in [2.75, 3.05) is 32.2 Å². The number of anilines is 1. The number of benzene rings is 2. The SMILES string of the molecule is C=CCCC(O)CNc1ccc(-n2nc(OCCOC)nc2-c2ccccc2F)cc1. The van der Waals surface area contributed by atoms with Gasteiger partial charge in [-0.1, -0.05) is 18.2 Å². The summed E-state index contributed by atoms with van der Waals surface area (Å²) in [7, 11) is 1.58. The Morgan fingerprint density at radius 2 is 1.97 bits per heavy atom. The van der Waals surface area contributed by atoms with Gasteiger partial charge < -0.3 is 19.9 Å². The number of halogens is 1. The number of allylic oxidation sites excluding steroid dienone is 1. The van der Waals surface area contributed by atoms with E-state index in [2.05, 4.69) is 22.0 Å². The minimum absolute atomic E-state index is 0.142. The molecule has 0 bridgehead atoms. The van der Waals surface area contributed by atoms with E-state index >= 15 is 0 Å². The van der Waals surface area contributed by atoms with Gasteiger partial charge in [0, 0.05) is 19.3 Å². The number of methoxy groups -OCH3 is 1. The van der Waals surface area contributed by atoms with Crippen molar-refractivity contribution < 1.29 is 19.0 Å². The smallest absolute Gasteiger partial charge is 0.336 e. The van der Waals surface area contributed by atoms with Crippen molar-refractivity contribution in [2.45, 2.75) is 18.9 Å². The number of aliphatic hydroxyl groups is 1. The molecule has 0 amide bonds. The lowest BCUT2D eigenvalue weighted by Gasteiger charge is -2.12. The molecule has 1 unspecified atom stereocenters. The molecule has 0 fully saturated rings. The molecule has 1 atom stereocenters. The second-order valence-corrected chi connectivity index (χ2v) is 6.90. The van der Waals surface area contributed by atoms with Crippen LogP contribution in [-0.2, 0) is 4.74 Å². The normalized spacial score (nSPS) is 11.8. The molecular formula is C23H27FN4O3. The second kappa shape index (κ2) is 11.2. The van der Waals surface area contributed by atoms with Gasteiger partial charge in [0.05, 0.1) is 24.0 Å². The minimum atomic E-state index is -0.451. The molecule has 3 rings (SSSR count). The zero-order valence-corrected chi connectivity index (χ0v) is 17.5. The van der Waals surface area contributed by atoms with E-state index in [-0.39, 0.29) is 12.6 Å². The number of nitrogens with zero attached hydrogens (tertiary/aromatic N) is 3. The van der Waals surface area contributed by atoms with Gasteiger partial charge in [0.15, 0.2) is 5.82 Å². The van der Waals surface area contributed by atoms with Crippen LogP contribution in [0.3, 0.4) is 0 Å². The fourth-order valence-electron chi connectivity index (χ4n) is 2.94. The molecule has 31 heavy (non-hydrogen) atoms. The van der Waals surface area contributed by atoms with Crippen LogP contribution in [0, 0.1) is 5.82 Å². The third-order valence-electron chi connectivity index (χ3n) is 4.58. The van der Waals surface area contributed by atoms with Crippen LogP contribution >= 0.6 is 0 Å². The number of aliphatic hydroxyl groups excluding tert-OH is 1. The summed E-state index contributed by atoms with van der Waals surface area (Å²) in [5.41, 5.74) is 1.87. The minimum Gasteiger partial charge on any atom is -0.460 e. The Labute approximate surface area is 181 Å². The summed E-state index contributed by atoms with van der Waals surface area (Å²) in [6.07, 6.45) is 2.76. The molecule has 0 aliphatic heterocycles. The van der Waals surface area contributed by atoms with Gasteiger partial charge in [-0.25, -0.2) is 9.07 Å². The predicted octanol–water partition coefficient (Wildman–Crippen LogP) is 3.84. The Kier molecular flexibility index (Phi) is 8.14. The zero-order chi connectivity index (χ0) is 22.1. The highest BCUT2D eigenvalue weighted by Gasteiger charge is 2.17. The van der Waals surface area contributed by atoms with Gasteiger partial charge in [-0.05, 0) is 49.2 Å². The molecule has 164 valence electrons. The largest absolute Gasteiger partial charge is 0.460 e. The Morgan fingerprint density at radius 3 is 2.68 bits per heavy atom. The van der Waals surface area contributed by atoms with Gasteiger partial charge in [-0.15, -0.1) is 11.7 Å². The van der Waals surface area contributed by atoms with Gasteiger partial charge in [-0.3, -0.25) is 0 Å². The van der Waals surface area contributed by atoms with Gasteiger partial charge in [0.1, 0.15) is 12.4 Å². The van der Waals surface area contributed by atoms with Gasteiger partial charge in [0.2, 0.25) is 0 Å². The lowest BCUT2D eigenvalue weighted by molar-refractivity contribution is 0.141. The highest BCUT2D eigenvalue weighted by Crippen LogP contribution is 2.26. The van der Waals surface area contributed by atoms with E-state index in [1.807, 2.05) is 24.3 Å². The molecule has 0 aliphatic carbocycles. The van der Waals surface area contributed by atoms with E-state index < -0.39 is 11.9 Å². The molecule has 2 N–H and O–H groups in total. The van der Waals surface area contributed by atoms with E-state index in [1.165, 1.54) is 6.07 Å². The zero-order valence-electron chi connectivity index (χ0n) is 17.5. The summed E-state index contributed by atoms with van der Waals surface area (Å²) >= 11 is 0. The molecule has 0 saturated carbocycles. The molecule has 1 heterocycles. The van der Waals surface area contributed by atoms with E-state index in [9.17, 15) is 9.50 Å². The van der Waals surface area contributed by atoms with Crippen molar-refractivity contribution in [2.24, 2.45) is 0 Å².